The van der Waals surface area contributed by atoms with E-state index in [0.29, 0.717) is 5.56 Å². The van der Waals surface area contributed by atoms with E-state index in [1.165, 1.54) is 0 Å². The largest absolute Gasteiger partial charge is 0.347 e. The molecule has 3 aromatic rings. The zero-order chi connectivity index (χ0) is 22.1. The molecule has 2 fully saturated rings. The number of nitrogens with one attached hydrogen (secondary N) is 1. The maximum absolute atomic E-state index is 12.8. The second-order valence-corrected chi connectivity index (χ2v) is 11.7. The predicted molar refractivity (Wildman–Crippen MR) is 126 cm³/mol. The highest BCUT2D eigenvalue weighted by molar-refractivity contribution is 7.98. The molecule has 2 aliphatic heterocycles. The Morgan fingerprint density at radius 2 is 1.88 bits per heavy atom. The first-order chi connectivity index (χ1) is 15.5. The number of rotatable bonds is 6. The molecular formula is C23H26N4O3S2. The molecule has 1 aromatic carbocycles. The van der Waals surface area contributed by atoms with Crippen LogP contribution in [0.5, 0.6) is 0 Å². The Morgan fingerprint density at radius 3 is 2.62 bits per heavy atom. The normalized spacial score (nSPS) is 23.0. The molecule has 168 valence electrons. The average molecular weight is 471 g/mol. The van der Waals surface area contributed by atoms with Crippen LogP contribution in [0.1, 0.15) is 28.9 Å². The number of carbonyl (C=O) groups excluding carboxylic acids is 1. The van der Waals surface area contributed by atoms with Gasteiger partial charge in [-0.15, -0.1) is 11.8 Å². The van der Waals surface area contributed by atoms with Gasteiger partial charge in [0.1, 0.15) is 5.65 Å². The number of pyridine rings is 1. The summed E-state index contributed by atoms with van der Waals surface area (Å²) in [6.45, 7) is 1.82. The Morgan fingerprint density at radius 1 is 1.09 bits per heavy atom. The fraction of sp³-hybridized carbons (Fsp3) is 0.391. The van der Waals surface area contributed by atoms with E-state index in [1.807, 2.05) is 47.1 Å². The third kappa shape index (κ3) is 4.69. The number of sulfone groups is 1. The molecule has 2 aliphatic rings. The van der Waals surface area contributed by atoms with E-state index in [1.54, 1.807) is 23.9 Å². The highest BCUT2D eigenvalue weighted by atomic mass is 32.2. The predicted octanol–water partition coefficient (Wildman–Crippen LogP) is 2.62. The van der Waals surface area contributed by atoms with Gasteiger partial charge in [0.2, 0.25) is 0 Å². The number of imidazole rings is 1. The first kappa shape index (κ1) is 21.5. The number of hydrogen-bond donors (Lipinski definition) is 1. The van der Waals surface area contributed by atoms with Crippen molar-refractivity contribution in [3.8, 4) is 0 Å². The zero-order valence-corrected chi connectivity index (χ0v) is 19.3. The van der Waals surface area contributed by atoms with Crippen LogP contribution in [-0.2, 0) is 15.6 Å². The minimum atomic E-state index is -3.13. The second kappa shape index (κ2) is 8.88. The van der Waals surface area contributed by atoms with Gasteiger partial charge in [0, 0.05) is 34.6 Å². The summed E-state index contributed by atoms with van der Waals surface area (Å²) in [5.74, 6) is 0.682. The molecule has 32 heavy (non-hydrogen) atoms. The van der Waals surface area contributed by atoms with Crippen LogP contribution in [0.4, 0.5) is 0 Å². The molecule has 2 saturated heterocycles. The fourth-order valence-electron chi connectivity index (χ4n) is 4.57. The van der Waals surface area contributed by atoms with Crippen molar-refractivity contribution < 1.29 is 13.2 Å². The van der Waals surface area contributed by atoms with Crippen LogP contribution in [0.2, 0.25) is 0 Å². The van der Waals surface area contributed by atoms with Crippen molar-refractivity contribution >= 4 is 33.2 Å². The van der Waals surface area contributed by atoms with Crippen molar-refractivity contribution in [1.29, 1.82) is 0 Å². The maximum Gasteiger partial charge on any atom is 0.251 e. The Hall–Kier alpha value is -2.36. The lowest BCUT2D eigenvalue weighted by Gasteiger charge is -2.28. The molecule has 2 aromatic heterocycles. The second-order valence-electron chi connectivity index (χ2n) is 8.48. The molecular weight excluding hydrogens is 444 g/mol. The van der Waals surface area contributed by atoms with Crippen LogP contribution in [0.25, 0.3) is 5.65 Å². The molecule has 0 radical (unpaired) electrons. The van der Waals surface area contributed by atoms with E-state index in [2.05, 4.69) is 15.2 Å². The number of thioether (sulfide) groups is 1. The summed E-state index contributed by atoms with van der Waals surface area (Å²) >= 11 is 1.67. The summed E-state index contributed by atoms with van der Waals surface area (Å²) in [4.78, 5) is 20.7. The van der Waals surface area contributed by atoms with Crippen LogP contribution >= 0.6 is 11.8 Å². The van der Waals surface area contributed by atoms with Crippen LogP contribution in [0.3, 0.4) is 0 Å². The standard InChI is InChI=1S/C23H26N4O3S2/c28-23(25-20-15-32(29,30)16-21(20)26-10-3-4-11-26)17-6-8-19(9-7-17)31-14-18-13-27-12-2-1-5-22(27)24-18/h1-2,5-9,12-13,20-21H,3-4,10-11,14-16H2,(H,25,28). The molecule has 0 bridgehead atoms. The summed E-state index contributed by atoms with van der Waals surface area (Å²) in [7, 11) is -3.13. The smallest absolute Gasteiger partial charge is 0.251 e. The number of carbonyl (C=O) groups is 1. The first-order valence-electron chi connectivity index (χ1n) is 10.9. The van der Waals surface area contributed by atoms with E-state index < -0.39 is 9.84 Å². The van der Waals surface area contributed by atoms with Gasteiger partial charge in [0.15, 0.2) is 9.84 Å². The topological polar surface area (TPSA) is 83.8 Å². The average Bonchev–Trinajstić information content (AvgIpc) is 3.50. The van der Waals surface area contributed by atoms with Crippen molar-refractivity contribution in [3.05, 3.63) is 66.1 Å². The molecule has 0 spiro atoms. The number of hydrogen-bond acceptors (Lipinski definition) is 6. The molecule has 1 amide bonds. The van der Waals surface area contributed by atoms with Crippen LogP contribution in [-0.4, -0.2) is 65.3 Å². The maximum atomic E-state index is 12.8. The Kier molecular flexibility index (Phi) is 5.96. The van der Waals surface area contributed by atoms with Gasteiger partial charge in [-0.3, -0.25) is 9.69 Å². The van der Waals surface area contributed by atoms with Gasteiger partial charge in [0.05, 0.1) is 23.2 Å². The third-order valence-corrected chi connectivity index (χ3v) is 8.93. The number of aromatic nitrogens is 2. The van der Waals surface area contributed by atoms with Gasteiger partial charge >= 0.3 is 0 Å². The lowest BCUT2D eigenvalue weighted by atomic mass is 10.1. The molecule has 0 aliphatic carbocycles. The highest BCUT2D eigenvalue weighted by Crippen LogP contribution is 2.25. The first-order valence-corrected chi connectivity index (χ1v) is 13.7. The van der Waals surface area contributed by atoms with Crippen LogP contribution < -0.4 is 5.32 Å². The molecule has 9 heteroatoms. The number of benzene rings is 1. The minimum absolute atomic E-state index is 0.0207. The number of likely N-dealkylation sites (tertiary alicyclic amines) is 1. The van der Waals surface area contributed by atoms with Gasteiger partial charge in [-0.2, -0.15) is 0 Å². The SMILES string of the molecule is O=C(NC1CS(=O)(=O)CC1N1CCCC1)c1ccc(SCc2cn3ccccc3n2)cc1. The lowest BCUT2D eigenvalue weighted by molar-refractivity contribution is 0.0918. The lowest BCUT2D eigenvalue weighted by Crippen LogP contribution is -2.50. The third-order valence-electron chi connectivity index (χ3n) is 6.17. The summed E-state index contributed by atoms with van der Waals surface area (Å²) in [5.41, 5.74) is 2.47. The molecule has 0 saturated carbocycles. The summed E-state index contributed by atoms with van der Waals surface area (Å²) in [6.07, 6.45) is 6.18. The van der Waals surface area contributed by atoms with E-state index in [-0.39, 0.29) is 29.5 Å². The number of fused-ring (bicyclic) bond motifs is 1. The van der Waals surface area contributed by atoms with Gasteiger partial charge in [-0.1, -0.05) is 6.07 Å². The van der Waals surface area contributed by atoms with Gasteiger partial charge in [0.25, 0.3) is 5.91 Å². The van der Waals surface area contributed by atoms with Gasteiger partial charge in [-0.25, -0.2) is 13.4 Å². The van der Waals surface area contributed by atoms with E-state index >= 15 is 0 Å². The van der Waals surface area contributed by atoms with Crippen LogP contribution in [0.15, 0.2) is 59.8 Å². The monoisotopic (exact) mass is 470 g/mol. The van der Waals surface area contributed by atoms with E-state index in [0.717, 1.165) is 47.9 Å². The van der Waals surface area contributed by atoms with Crippen molar-refractivity contribution in [3.63, 3.8) is 0 Å². The Balaban J connectivity index is 1.21. The van der Waals surface area contributed by atoms with E-state index in [4.69, 9.17) is 0 Å². The molecule has 1 N–H and O–H groups in total. The highest BCUT2D eigenvalue weighted by Gasteiger charge is 2.42. The van der Waals surface area contributed by atoms with Crippen molar-refractivity contribution in [2.24, 2.45) is 0 Å². The Labute approximate surface area is 192 Å². The summed E-state index contributed by atoms with van der Waals surface area (Å²) in [5, 5.41) is 2.99. The molecule has 4 heterocycles. The number of amides is 1. The summed E-state index contributed by atoms with van der Waals surface area (Å²) < 4.78 is 26.5. The molecule has 2 atom stereocenters. The molecule has 7 nitrogen and oxygen atoms in total. The summed E-state index contributed by atoms with van der Waals surface area (Å²) in [6, 6.07) is 12.9. The quantitative estimate of drug-likeness (QED) is 0.558. The Bertz CT molecular complexity index is 1180. The number of nitrogens with zero attached hydrogens (tertiary/aromatic N) is 3. The van der Waals surface area contributed by atoms with E-state index in [9.17, 15) is 13.2 Å². The molecule has 5 rings (SSSR count). The minimum Gasteiger partial charge on any atom is -0.347 e. The zero-order valence-electron chi connectivity index (χ0n) is 17.7. The molecule has 2 unspecified atom stereocenters. The van der Waals surface area contributed by atoms with Gasteiger partial charge in [-0.05, 0) is 62.3 Å². The van der Waals surface area contributed by atoms with Crippen molar-refractivity contribution in [1.82, 2.24) is 19.6 Å². The fourth-order valence-corrected chi connectivity index (χ4v) is 7.30. The van der Waals surface area contributed by atoms with Crippen molar-refractivity contribution in [2.75, 3.05) is 24.6 Å². The van der Waals surface area contributed by atoms with Gasteiger partial charge < -0.3 is 9.72 Å². The van der Waals surface area contributed by atoms with Crippen LogP contribution in [0, 0.1) is 0 Å². The van der Waals surface area contributed by atoms with Crippen molar-refractivity contribution in [2.45, 2.75) is 35.6 Å².